The van der Waals surface area contributed by atoms with E-state index in [4.69, 9.17) is 11.6 Å². The highest BCUT2D eigenvalue weighted by Gasteiger charge is 2.04. The summed E-state index contributed by atoms with van der Waals surface area (Å²) >= 11 is 7.35. The molecule has 0 saturated heterocycles. The van der Waals surface area contributed by atoms with Gasteiger partial charge in [0.25, 0.3) is 0 Å². The molecule has 1 aromatic rings. The highest BCUT2D eigenvalue weighted by atomic mass is 35.5. The lowest BCUT2D eigenvalue weighted by Crippen LogP contribution is -2.19. The number of rotatable bonds is 5. The normalized spacial score (nSPS) is 13.4. The van der Waals surface area contributed by atoms with E-state index in [9.17, 15) is 4.21 Å². The van der Waals surface area contributed by atoms with Gasteiger partial charge in [-0.1, -0.05) is 11.6 Å². The number of hydrogen-bond acceptors (Lipinski definition) is 3. The fourth-order valence-corrected chi connectivity index (χ4v) is 3.58. The van der Waals surface area contributed by atoms with Gasteiger partial charge < -0.3 is 4.90 Å². The van der Waals surface area contributed by atoms with E-state index in [-0.39, 0.29) is 0 Å². The SMILES string of the molecule is CN(C)CCS(=O)Cc1cc(Cl)cs1. The van der Waals surface area contributed by atoms with Crippen molar-refractivity contribution in [2.75, 3.05) is 26.4 Å². The molecule has 0 aliphatic rings. The van der Waals surface area contributed by atoms with Gasteiger partial charge in [0, 0.05) is 33.4 Å². The lowest BCUT2D eigenvalue weighted by molar-refractivity contribution is 0.435. The summed E-state index contributed by atoms with van der Waals surface area (Å²) in [5, 5.41) is 2.62. The Morgan fingerprint density at radius 2 is 2.29 bits per heavy atom. The van der Waals surface area contributed by atoms with E-state index in [0.29, 0.717) is 5.75 Å². The van der Waals surface area contributed by atoms with Crippen molar-refractivity contribution in [1.82, 2.24) is 4.90 Å². The van der Waals surface area contributed by atoms with Crippen LogP contribution in [0.25, 0.3) is 0 Å². The third-order valence-corrected chi connectivity index (χ3v) is 4.43. The Kier molecular flexibility index (Phi) is 5.09. The molecule has 1 atom stereocenters. The monoisotopic (exact) mass is 251 g/mol. The molecule has 0 N–H and O–H groups in total. The van der Waals surface area contributed by atoms with Crippen LogP contribution in [0.15, 0.2) is 11.4 Å². The summed E-state index contributed by atoms with van der Waals surface area (Å²) in [6.45, 7) is 0.867. The zero-order chi connectivity index (χ0) is 10.6. The van der Waals surface area contributed by atoms with Crippen LogP contribution in [-0.4, -0.2) is 35.5 Å². The van der Waals surface area contributed by atoms with Gasteiger partial charge in [-0.2, -0.15) is 0 Å². The first kappa shape index (κ1) is 12.2. The number of thiophene rings is 1. The Morgan fingerprint density at radius 1 is 1.57 bits per heavy atom. The molecular weight excluding hydrogens is 238 g/mol. The van der Waals surface area contributed by atoms with Gasteiger partial charge in [0.2, 0.25) is 0 Å². The highest BCUT2D eigenvalue weighted by molar-refractivity contribution is 7.84. The van der Waals surface area contributed by atoms with Crippen molar-refractivity contribution >= 4 is 33.7 Å². The standard InChI is InChI=1S/C9H14ClNOS2/c1-11(2)3-4-14(12)7-9-5-8(10)6-13-9/h5-6H,3-4,7H2,1-2H3. The van der Waals surface area contributed by atoms with E-state index in [1.165, 1.54) is 0 Å². The van der Waals surface area contributed by atoms with Crippen molar-refractivity contribution in [3.63, 3.8) is 0 Å². The molecule has 14 heavy (non-hydrogen) atoms. The summed E-state index contributed by atoms with van der Waals surface area (Å²) in [6.07, 6.45) is 0. The molecule has 1 unspecified atom stereocenters. The van der Waals surface area contributed by atoms with Gasteiger partial charge in [-0.3, -0.25) is 4.21 Å². The average Bonchev–Trinajstić information content (AvgIpc) is 2.48. The van der Waals surface area contributed by atoms with Crippen LogP contribution in [0.4, 0.5) is 0 Å². The van der Waals surface area contributed by atoms with Gasteiger partial charge in [-0.05, 0) is 20.2 Å². The third kappa shape index (κ3) is 4.55. The van der Waals surface area contributed by atoms with Crippen molar-refractivity contribution < 1.29 is 4.21 Å². The maximum absolute atomic E-state index is 11.6. The third-order valence-electron chi connectivity index (χ3n) is 1.69. The maximum atomic E-state index is 11.6. The van der Waals surface area contributed by atoms with Crippen molar-refractivity contribution in [1.29, 1.82) is 0 Å². The second kappa shape index (κ2) is 5.85. The molecule has 0 fully saturated rings. The van der Waals surface area contributed by atoms with Crippen molar-refractivity contribution in [3.05, 3.63) is 21.3 Å². The molecule has 0 aliphatic carbocycles. The van der Waals surface area contributed by atoms with Crippen LogP contribution in [0, 0.1) is 0 Å². The summed E-state index contributed by atoms with van der Waals surface area (Å²) in [6, 6.07) is 1.89. The molecule has 0 aliphatic heterocycles. The minimum Gasteiger partial charge on any atom is -0.308 e. The molecule has 0 bridgehead atoms. The molecule has 5 heteroatoms. The van der Waals surface area contributed by atoms with Crippen LogP contribution >= 0.6 is 22.9 Å². The topological polar surface area (TPSA) is 20.3 Å². The molecule has 1 heterocycles. The van der Waals surface area contributed by atoms with E-state index in [1.807, 2.05) is 30.4 Å². The summed E-state index contributed by atoms with van der Waals surface area (Å²) < 4.78 is 11.6. The Hall–Kier alpha value is 0.1000. The minimum atomic E-state index is -0.768. The predicted octanol–water partition coefficient (Wildman–Crippen LogP) is 2.21. The largest absolute Gasteiger partial charge is 0.308 e. The molecule has 1 aromatic heterocycles. The Morgan fingerprint density at radius 3 is 2.79 bits per heavy atom. The second-order valence-corrected chi connectivity index (χ2v) is 6.33. The average molecular weight is 252 g/mol. The van der Waals surface area contributed by atoms with Gasteiger partial charge in [0.1, 0.15) is 0 Å². The van der Waals surface area contributed by atoms with Crippen LogP contribution in [0.2, 0.25) is 5.02 Å². The fourth-order valence-electron chi connectivity index (χ4n) is 0.945. The van der Waals surface area contributed by atoms with Crippen LogP contribution in [0.1, 0.15) is 4.88 Å². The summed E-state index contributed by atoms with van der Waals surface area (Å²) in [4.78, 5) is 3.14. The molecule has 0 amide bonds. The first-order chi connectivity index (χ1) is 6.58. The summed E-state index contributed by atoms with van der Waals surface area (Å²) in [5.74, 6) is 1.35. The fraction of sp³-hybridized carbons (Fsp3) is 0.556. The maximum Gasteiger partial charge on any atom is 0.0580 e. The molecule has 2 nitrogen and oxygen atoms in total. The van der Waals surface area contributed by atoms with Crippen molar-refractivity contribution in [3.8, 4) is 0 Å². The van der Waals surface area contributed by atoms with Crippen molar-refractivity contribution in [2.45, 2.75) is 5.75 Å². The van der Waals surface area contributed by atoms with Crippen LogP contribution < -0.4 is 0 Å². The Labute approximate surface area is 96.3 Å². The molecular formula is C9H14ClNOS2. The second-order valence-electron chi connectivity index (χ2n) is 3.32. The Balaban J connectivity index is 2.34. The predicted molar refractivity (Wildman–Crippen MR) is 64.6 cm³/mol. The lowest BCUT2D eigenvalue weighted by Gasteiger charge is -2.07. The van der Waals surface area contributed by atoms with Crippen LogP contribution in [0.5, 0.6) is 0 Å². The van der Waals surface area contributed by atoms with Gasteiger partial charge in [0.05, 0.1) is 10.8 Å². The van der Waals surface area contributed by atoms with E-state index in [1.54, 1.807) is 11.3 Å². The summed E-state index contributed by atoms with van der Waals surface area (Å²) in [7, 11) is 3.20. The zero-order valence-electron chi connectivity index (χ0n) is 8.33. The number of nitrogens with zero attached hydrogens (tertiary/aromatic N) is 1. The van der Waals surface area contributed by atoms with E-state index in [0.717, 1.165) is 22.2 Å². The van der Waals surface area contributed by atoms with E-state index in [2.05, 4.69) is 0 Å². The smallest absolute Gasteiger partial charge is 0.0580 e. The van der Waals surface area contributed by atoms with Gasteiger partial charge in [0.15, 0.2) is 0 Å². The van der Waals surface area contributed by atoms with Gasteiger partial charge >= 0.3 is 0 Å². The molecule has 0 aromatic carbocycles. The van der Waals surface area contributed by atoms with Gasteiger partial charge in [-0.25, -0.2) is 0 Å². The molecule has 0 saturated carbocycles. The van der Waals surface area contributed by atoms with E-state index < -0.39 is 10.8 Å². The number of halogens is 1. The quantitative estimate of drug-likeness (QED) is 0.800. The molecule has 80 valence electrons. The first-order valence-electron chi connectivity index (χ1n) is 4.30. The minimum absolute atomic E-state index is 0.630. The first-order valence-corrected chi connectivity index (χ1v) is 7.05. The molecule has 0 radical (unpaired) electrons. The van der Waals surface area contributed by atoms with Crippen LogP contribution in [0.3, 0.4) is 0 Å². The molecule has 1 rings (SSSR count). The summed E-state index contributed by atoms with van der Waals surface area (Å²) in [5.41, 5.74) is 0. The van der Waals surface area contributed by atoms with E-state index >= 15 is 0 Å². The van der Waals surface area contributed by atoms with Crippen LogP contribution in [-0.2, 0) is 16.6 Å². The zero-order valence-corrected chi connectivity index (χ0v) is 10.7. The van der Waals surface area contributed by atoms with Gasteiger partial charge in [-0.15, -0.1) is 11.3 Å². The molecule has 0 spiro atoms. The number of hydrogen-bond donors (Lipinski definition) is 0. The lowest BCUT2D eigenvalue weighted by atomic mass is 10.5. The highest BCUT2D eigenvalue weighted by Crippen LogP contribution is 2.20. The Bertz CT molecular complexity index is 312. The van der Waals surface area contributed by atoms with Crippen molar-refractivity contribution in [2.24, 2.45) is 0 Å².